The predicted molar refractivity (Wildman–Crippen MR) is 69.1 cm³/mol. The molecule has 1 atom stereocenters. The van der Waals surface area contributed by atoms with Gasteiger partial charge in [-0.25, -0.2) is 13.8 Å². The molecule has 98 valence electrons. The SMILES string of the molecule is CCC(C)n1c(CCCl)nc2c(F)cc(F)cc21. The van der Waals surface area contributed by atoms with Gasteiger partial charge in [0.05, 0.1) is 5.52 Å². The van der Waals surface area contributed by atoms with Gasteiger partial charge >= 0.3 is 0 Å². The lowest BCUT2D eigenvalue weighted by molar-refractivity contribution is 0.523. The number of aryl methyl sites for hydroxylation is 1. The van der Waals surface area contributed by atoms with Crippen LogP contribution in [0.25, 0.3) is 11.0 Å². The van der Waals surface area contributed by atoms with Crippen molar-refractivity contribution >= 4 is 22.6 Å². The standard InChI is InChI=1S/C13H15ClF2N2/c1-3-8(2)18-11-7-9(15)6-10(16)13(11)17-12(18)4-5-14/h6-8H,3-5H2,1-2H3. The van der Waals surface area contributed by atoms with E-state index in [1.807, 2.05) is 18.4 Å². The van der Waals surface area contributed by atoms with Crippen LogP contribution in [0.5, 0.6) is 0 Å². The number of hydrogen-bond donors (Lipinski definition) is 0. The van der Waals surface area contributed by atoms with Crippen molar-refractivity contribution in [3.05, 3.63) is 29.6 Å². The number of imidazole rings is 1. The molecule has 0 spiro atoms. The summed E-state index contributed by atoms with van der Waals surface area (Å²) >= 11 is 5.73. The van der Waals surface area contributed by atoms with Crippen LogP contribution < -0.4 is 0 Å². The quantitative estimate of drug-likeness (QED) is 0.767. The molecule has 2 aromatic rings. The molecular weight excluding hydrogens is 258 g/mol. The van der Waals surface area contributed by atoms with Gasteiger partial charge in [0, 0.05) is 24.4 Å². The number of aromatic nitrogens is 2. The minimum Gasteiger partial charge on any atom is -0.325 e. The monoisotopic (exact) mass is 272 g/mol. The molecule has 0 N–H and O–H groups in total. The molecule has 0 aliphatic heterocycles. The first-order valence-electron chi connectivity index (χ1n) is 6.00. The molecule has 0 amide bonds. The maximum absolute atomic E-state index is 13.7. The summed E-state index contributed by atoms with van der Waals surface area (Å²) in [7, 11) is 0. The molecule has 2 nitrogen and oxygen atoms in total. The second-order valence-corrected chi connectivity index (χ2v) is 4.73. The molecule has 18 heavy (non-hydrogen) atoms. The Balaban J connectivity index is 2.72. The summed E-state index contributed by atoms with van der Waals surface area (Å²) in [5.41, 5.74) is 0.721. The molecule has 0 bridgehead atoms. The summed E-state index contributed by atoms with van der Waals surface area (Å²) in [6.07, 6.45) is 1.40. The van der Waals surface area contributed by atoms with Crippen molar-refractivity contribution in [2.24, 2.45) is 0 Å². The van der Waals surface area contributed by atoms with Gasteiger partial charge in [-0.2, -0.15) is 0 Å². The fraction of sp³-hybridized carbons (Fsp3) is 0.462. The molecule has 2 rings (SSSR count). The number of fused-ring (bicyclic) bond motifs is 1. The molecule has 0 aliphatic carbocycles. The van der Waals surface area contributed by atoms with Crippen molar-refractivity contribution in [1.82, 2.24) is 9.55 Å². The molecule has 5 heteroatoms. The number of hydrogen-bond acceptors (Lipinski definition) is 1. The third kappa shape index (κ3) is 2.21. The van der Waals surface area contributed by atoms with Crippen molar-refractivity contribution < 1.29 is 8.78 Å². The third-order valence-electron chi connectivity index (χ3n) is 3.14. The Morgan fingerprint density at radius 3 is 2.72 bits per heavy atom. The highest BCUT2D eigenvalue weighted by Gasteiger charge is 2.18. The smallest absolute Gasteiger partial charge is 0.153 e. The maximum atomic E-state index is 13.7. The van der Waals surface area contributed by atoms with Crippen LogP contribution in [0, 0.1) is 11.6 Å². The topological polar surface area (TPSA) is 17.8 Å². The van der Waals surface area contributed by atoms with E-state index in [9.17, 15) is 8.78 Å². The lowest BCUT2D eigenvalue weighted by atomic mass is 10.2. The van der Waals surface area contributed by atoms with Crippen LogP contribution in [0.1, 0.15) is 32.1 Å². The molecule has 1 heterocycles. The van der Waals surface area contributed by atoms with Gasteiger partial charge in [-0.05, 0) is 19.4 Å². The van der Waals surface area contributed by atoms with E-state index in [2.05, 4.69) is 4.98 Å². The number of nitrogens with zero attached hydrogens (tertiary/aromatic N) is 2. The van der Waals surface area contributed by atoms with Gasteiger partial charge in [-0.3, -0.25) is 0 Å². The minimum absolute atomic E-state index is 0.134. The lowest BCUT2D eigenvalue weighted by Gasteiger charge is -2.15. The average molecular weight is 273 g/mol. The van der Waals surface area contributed by atoms with Gasteiger partial charge in [0.25, 0.3) is 0 Å². The number of rotatable bonds is 4. The van der Waals surface area contributed by atoms with Crippen LogP contribution in [0.4, 0.5) is 8.78 Å². The first-order chi connectivity index (χ1) is 8.58. The minimum atomic E-state index is -0.622. The molecule has 0 aliphatic rings. The van der Waals surface area contributed by atoms with Crippen LogP contribution in [0.3, 0.4) is 0 Å². The van der Waals surface area contributed by atoms with Crippen LogP contribution in [0.15, 0.2) is 12.1 Å². The van der Waals surface area contributed by atoms with Crippen molar-refractivity contribution in [3.63, 3.8) is 0 Å². The highest BCUT2D eigenvalue weighted by Crippen LogP contribution is 2.26. The van der Waals surface area contributed by atoms with Crippen molar-refractivity contribution in [2.75, 3.05) is 5.88 Å². The Labute approximate surface area is 110 Å². The maximum Gasteiger partial charge on any atom is 0.153 e. The van der Waals surface area contributed by atoms with Gasteiger partial charge in [-0.15, -0.1) is 11.6 Å². The molecule has 0 fully saturated rings. The van der Waals surface area contributed by atoms with E-state index in [0.29, 0.717) is 23.6 Å². The summed E-state index contributed by atoms with van der Waals surface area (Å²) in [4.78, 5) is 4.25. The largest absolute Gasteiger partial charge is 0.325 e. The van der Waals surface area contributed by atoms with E-state index in [1.165, 1.54) is 6.07 Å². The van der Waals surface area contributed by atoms with E-state index < -0.39 is 11.6 Å². The zero-order valence-electron chi connectivity index (χ0n) is 10.4. The zero-order chi connectivity index (χ0) is 13.3. The second kappa shape index (κ2) is 5.22. The van der Waals surface area contributed by atoms with Gasteiger partial charge in [-0.1, -0.05) is 6.92 Å². The van der Waals surface area contributed by atoms with Crippen molar-refractivity contribution in [1.29, 1.82) is 0 Å². The van der Waals surface area contributed by atoms with Crippen LogP contribution in [0.2, 0.25) is 0 Å². The van der Waals surface area contributed by atoms with Crippen molar-refractivity contribution in [3.8, 4) is 0 Å². The Morgan fingerprint density at radius 2 is 2.11 bits per heavy atom. The molecule has 0 radical (unpaired) electrons. The summed E-state index contributed by atoms with van der Waals surface area (Å²) in [6.45, 7) is 4.03. The van der Waals surface area contributed by atoms with E-state index in [0.717, 1.165) is 12.5 Å². The summed E-state index contributed by atoms with van der Waals surface area (Å²) < 4.78 is 28.9. The zero-order valence-corrected chi connectivity index (χ0v) is 11.1. The Morgan fingerprint density at radius 1 is 1.39 bits per heavy atom. The van der Waals surface area contributed by atoms with Crippen LogP contribution in [-0.4, -0.2) is 15.4 Å². The van der Waals surface area contributed by atoms with E-state index in [1.54, 1.807) is 0 Å². The first-order valence-corrected chi connectivity index (χ1v) is 6.53. The lowest BCUT2D eigenvalue weighted by Crippen LogP contribution is -2.09. The number of benzene rings is 1. The highest BCUT2D eigenvalue weighted by molar-refractivity contribution is 6.17. The fourth-order valence-electron chi connectivity index (χ4n) is 2.10. The molecule has 1 aromatic heterocycles. The molecule has 1 aromatic carbocycles. The summed E-state index contributed by atoms with van der Waals surface area (Å²) in [6, 6.07) is 2.32. The molecule has 1 unspecified atom stereocenters. The normalized spacial score (nSPS) is 13.2. The summed E-state index contributed by atoms with van der Waals surface area (Å²) in [5, 5.41) is 0. The third-order valence-corrected chi connectivity index (χ3v) is 3.33. The first kappa shape index (κ1) is 13.3. The molecular formula is C13H15ClF2N2. The van der Waals surface area contributed by atoms with E-state index in [-0.39, 0.29) is 11.6 Å². The molecule has 0 saturated carbocycles. The van der Waals surface area contributed by atoms with Gasteiger partial charge in [0.15, 0.2) is 5.82 Å². The van der Waals surface area contributed by atoms with Crippen molar-refractivity contribution in [2.45, 2.75) is 32.7 Å². The molecule has 0 saturated heterocycles. The number of alkyl halides is 1. The summed E-state index contributed by atoms with van der Waals surface area (Å²) in [5.74, 6) is -0.0901. The van der Waals surface area contributed by atoms with Crippen LogP contribution in [-0.2, 0) is 6.42 Å². The highest BCUT2D eigenvalue weighted by atomic mass is 35.5. The van der Waals surface area contributed by atoms with Gasteiger partial charge in [0.2, 0.25) is 0 Å². The predicted octanol–water partition coefficient (Wildman–Crippen LogP) is 4.07. The van der Waals surface area contributed by atoms with Gasteiger partial charge in [0.1, 0.15) is 17.2 Å². The van der Waals surface area contributed by atoms with E-state index in [4.69, 9.17) is 11.6 Å². The average Bonchev–Trinajstić information content (AvgIpc) is 2.67. The fourth-order valence-corrected chi connectivity index (χ4v) is 2.27. The number of halogens is 3. The Hall–Kier alpha value is -1.16. The van der Waals surface area contributed by atoms with E-state index >= 15 is 0 Å². The van der Waals surface area contributed by atoms with Crippen LogP contribution >= 0.6 is 11.6 Å². The second-order valence-electron chi connectivity index (χ2n) is 4.35. The Kier molecular flexibility index (Phi) is 3.85. The van der Waals surface area contributed by atoms with Gasteiger partial charge < -0.3 is 4.57 Å². The Bertz CT molecular complexity index is 566.